The normalized spacial score (nSPS) is 18.5. The van der Waals surface area contributed by atoms with E-state index >= 15 is 0 Å². The Kier molecular flexibility index (Phi) is 3.20. The van der Waals surface area contributed by atoms with Crippen LogP contribution in [0.5, 0.6) is 0 Å². The van der Waals surface area contributed by atoms with Crippen LogP contribution in [0.15, 0.2) is 18.3 Å². The average molecular weight is 255 g/mol. The number of pyridine rings is 1. The molecule has 2 aliphatic rings. The molecule has 2 fully saturated rings. The van der Waals surface area contributed by atoms with Crippen molar-refractivity contribution >= 4 is 5.91 Å². The summed E-state index contributed by atoms with van der Waals surface area (Å²) < 4.78 is 0. The van der Waals surface area contributed by atoms with E-state index in [9.17, 15) is 4.79 Å². The molecular weight excluding hydrogens is 238 g/mol. The van der Waals surface area contributed by atoms with Gasteiger partial charge in [0.1, 0.15) is 5.69 Å². The first-order valence-electron chi connectivity index (χ1n) is 6.95. The lowest BCUT2D eigenvalue weighted by Gasteiger charge is -2.37. The van der Waals surface area contributed by atoms with Gasteiger partial charge in [0.05, 0.1) is 11.6 Å². The molecule has 19 heavy (non-hydrogen) atoms. The zero-order chi connectivity index (χ0) is 13.2. The van der Waals surface area contributed by atoms with E-state index < -0.39 is 0 Å². The molecule has 2 aliphatic carbocycles. The fraction of sp³-hybridized carbons (Fsp3) is 0.533. The fourth-order valence-electron chi connectivity index (χ4n) is 2.44. The van der Waals surface area contributed by atoms with Gasteiger partial charge in [-0.25, -0.2) is 0 Å². The predicted molar refractivity (Wildman–Crippen MR) is 70.4 cm³/mol. The molecule has 2 saturated carbocycles. The van der Waals surface area contributed by atoms with E-state index in [4.69, 9.17) is 5.26 Å². The van der Waals surface area contributed by atoms with Crippen LogP contribution in [-0.2, 0) is 0 Å². The van der Waals surface area contributed by atoms with E-state index in [-0.39, 0.29) is 5.91 Å². The number of nitriles is 1. The van der Waals surface area contributed by atoms with E-state index in [1.165, 1.54) is 19.3 Å². The maximum Gasteiger partial charge on any atom is 0.272 e. The minimum Gasteiger partial charge on any atom is -0.334 e. The summed E-state index contributed by atoms with van der Waals surface area (Å²) in [6.07, 6.45) is 7.45. The summed E-state index contributed by atoms with van der Waals surface area (Å²) >= 11 is 0. The molecule has 0 aliphatic heterocycles. The third kappa shape index (κ3) is 2.60. The highest BCUT2D eigenvalue weighted by molar-refractivity contribution is 5.93. The van der Waals surface area contributed by atoms with E-state index in [0.717, 1.165) is 19.4 Å². The molecule has 0 unspecified atom stereocenters. The molecule has 1 aromatic heterocycles. The molecule has 4 heteroatoms. The number of nitrogens with zero attached hydrogens (tertiary/aromatic N) is 3. The Morgan fingerprint density at radius 3 is 2.79 bits per heavy atom. The highest BCUT2D eigenvalue weighted by Crippen LogP contribution is 2.34. The summed E-state index contributed by atoms with van der Waals surface area (Å²) in [5.74, 6) is 0.678. The molecule has 1 aromatic rings. The van der Waals surface area contributed by atoms with Crippen LogP contribution in [0, 0.1) is 17.2 Å². The zero-order valence-corrected chi connectivity index (χ0v) is 10.9. The van der Waals surface area contributed by atoms with Crippen molar-refractivity contribution in [2.75, 3.05) is 6.54 Å². The van der Waals surface area contributed by atoms with Gasteiger partial charge in [-0.15, -0.1) is 0 Å². The average Bonchev–Trinajstić information content (AvgIpc) is 3.19. The molecule has 4 nitrogen and oxygen atoms in total. The van der Waals surface area contributed by atoms with Gasteiger partial charge in [0, 0.05) is 18.8 Å². The lowest BCUT2D eigenvalue weighted by atomic mass is 9.91. The van der Waals surface area contributed by atoms with Crippen molar-refractivity contribution in [1.82, 2.24) is 9.88 Å². The van der Waals surface area contributed by atoms with Crippen molar-refractivity contribution in [2.45, 2.75) is 38.1 Å². The van der Waals surface area contributed by atoms with Crippen LogP contribution in [0.4, 0.5) is 0 Å². The van der Waals surface area contributed by atoms with Crippen LogP contribution in [-0.4, -0.2) is 28.4 Å². The lowest BCUT2D eigenvalue weighted by Crippen LogP contribution is -2.45. The summed E-state index contributed by atoms with van der Waals surface area (Å²) in [5, 5.41) is 8.90. The van der Waals surface area contributed by atoms with Gasteiger partial charge in [0.25, 0.3) is 5.91 Å². The van der Waals surface area contributed by atoms with Gasteiger partial charge >= 0.3 is 0 Å². The minimum absolute atomic E-state index is 0.00583. The van der Waals surface area contributed by atoms with Gasteiger partial charge in [-0.3, -0.25) is 9.78 Å². The first kappa shape index (κ1) is 12.2. The second-order valence-electron chi connectivity index (χ2n) is 5.53. The van der Waals surface area contributed by atoms with Gasteiger partial charge in [0.2, 0.25) is 0 Å². The number of carbonyl (C=O) groups excluding carboxylic acids is 1. The number of hydrogen-bond donors (Lipinski definition) is 0. The van der Waals surface area contributed by atoms with Crippen LogP contribution < -0.4 is 0 Å². The largest absolute Gasteiger partial charge is 0.334 e. The number of hydrogen-bond acceptors (Lipinski definition) is 3. The van der Waals surface area contributed by atoms with Gasteiger partial charge in [0.15, 0.2) is 0 Å². The number of rotatable bonds is 4. The van der Waals surface area contributed by atoms with Gasteiger partial charge in [-0.05, 0) is 50.2 Å². The van der Waals surface area contributed by atoms with E-state index in [0.29, 0.717) is 23.2 Å². The van der Waals surface area contributed by atoms with Crippen molar-refractivity contribution in [3.8, 4) is 6.07 Å². The summed E-state index contributed by atoms with van der Waals surface area (Å²) in [6, 6.07) is 5.68. The number of aromatic nitrogens is 1. The summed E-state index contributed by atoms with van der Waals surface area (Å²) in [7, 11) is 0. The van der Waals surface area contributed by atoms with Crippen LogP contribution in [0.1, 0.15) is 48.2 Å². The molecular formula is C15H17N3O. The quantitative estimate of drug-likeness (QED) is 0.829. The van der Waals surface area contributed by atoms with Crippen LogP contribution in [0.2, 0.25) is 0 Å². The highest BCUT2D eigenvalue weighted by Gasteiger charge is 2.34. The molecule has 0 N–H and O–H groups in total. The van der Waals surface area contributed by atoms with E-state index in [2.05, 4.69) is 11.1 Å². The highest BCUT2D eigenvalue weighted by atomic mass is 16.2. The van der Waals surface area contributed by atoms with Crippen LogP contribution in [0.3, 0.4) is 0 Å². The molecule has 0 aromatic carbocycles. The SMILES string of the molecule is N#Cc1ccnc(C(=O)N(CC2CC2)C2CCC2)c1. The summed E-state index contributed by atoms with van der Waals surface area (Å²) in [6.45, 7) is 0.863. The van der Waals surface area contributed by atoms with Crippen LogP contribution in [0.25, 0.3) is 0 Å². The zero-order valence-electron chi connectivity index (χ0n) is 10.9. The van der Waals surface area contributed by atoms with Crippen molar-refractivity contribution < 1.29 is 4.79 Å². The number of carbonyl (C=O) groups is 1. The minimum atomic E-state index is -0.00583. The Hall–Kier alpha value is -1.89. The predicted octanol–water partition coefficient (Wildman–Crippen LogP) is 2.36. The van der Waals surface area contributed by atoms with Crippen molar-refractivity contribution in [2.24, 2.45) is 5.92 Å². The second kappa shape index (κ2) is 5.00. The third-order valence-electron chi connectivity index (χ3n) is 4.04. The Balaban J connectivity index is 1.79. The fourth-order valence-corrected chi connectivity index (χ4v) is 2.44. The van der Waals surface area contributed by atoms with Crippen LogP contribution >= 0.6 is 0 Å². The summed E-state index contributed by atoms with van der Waals surface area (Å²) in [4.78, 5) is 18.7. The molecule has 0 bridgehead atoms. The first-order chi connectivity index (χ1) is 9.28. The Morgan fingerprint density at radius 1 is 1.42 bits per heavy atom. The smallest absolute Gasteiger partial charge is 0.272 e. The van der Waals surface area contributed by atoms with Gasteiger partial charge in [-0.1, -0.05) is 0 Å². The monoisotopic (exact) mass is 255 g/mol. The second-order valence-corrected chi connectivity index (χ2v) is 5.53. The van der Waals surface area contributed by atoms with Gasteiger partial charge in [-0.2, -0.15) is 5.26 Å². The van der Waals surface area contributed by atoms with Gasteiger partial charge < -0.3 is 4.90 Å². The first-order valence-corrected chi connectivity index (χ1v) is 6.95. The van der Waals surface area contributed by atoms with Crippen molar-refractivity contribution in [3.05, 3.63) is 29.6 Å². The summed E-state index contributed by atoms with van der Waals surface area (Å²) in [5.41, 5.74) is 0.907. The standard InChI is InChI=1S/C15H17N3O/c16-9-12-6-7-17-14(8-12)15(19)18(10-11-4-5-11)13-2-1-3-13/h6-8,11,13H,1-5,10H2. The lowest BCUT2D eigenvalue weighted by molar-refractivity contribution is 0.0560. The number of amides is 1. The van der Waals surface area contributed by atoms with Crippen molar-refractivity contribution in [1.29, 1.82) is 5.26 Å². The van der Waals surface area contributed by atoms with E-state index in [1.807, 2.05) is 4.90 Å². The Bertz CT molecular complexity index is 526. The van der Waals surface area contributed by atoms with E-state index in [1.54, 1.807) is 18.3 Å². The molecule has 0 atom stereocenters. The molecule has 0 radical (unpaired) electrons. The topological polar surface area (TPSA) is 57.0 Å². The maximum atomic E-state index is 12.6. The molecule has 0 saturated heterocycles. The Morgan fingerprint density at radius 2 is 2.21 bits per heavy atom. The maximum absolute atomic E-state index is 12.6. The molecule has 98 valence electrons. The molecule has 1 heterocycles. The molecule has 0 spiro atoms. The molecule has 3 rings (SSSR count). The molecule has 1 amide bonds. The van der Waals surface area contributed by atoms with Crippen molar-refractivity contribution in [3.63, 3.8) is 0 Å². The third-order valence-corrected chi connectivity index (χ3v) is 4.04. The Labute approximate surface area is 113 Å².